The second-order valence-corrected chi connectivity index (χ2v) is 7.48. The van der Waals surface area contributed by atoms with Gasteiger partial charge in [0, 0.05) is 0 Å². The smallest absolute Gasteiger partial charge is 0.263 e. The van der Waals surface area contributed by atoms with Crippen LogP contribution in [-0.2, 0) is 10.0 Å². The first-order chi connectivity index (χ1) is 10.0. The van der Waals surface area contributed by atoms with Crippen LogP contribution < -0.4 is 9.46 Å². The lowest BCUT2D eigenvalue weighted by Gasteiger charge is -2.05. The predicted molar refractivity (Wildman–Crippen MR) is 80.0 cm³/mol. The molecule has 2 rings (SSSR count). The maximum absolute atomic E-state index is 12.2. The van der Waals surface area contributed by atoms with Crippen LogP contribution >= 0.6 is 23.1 Å². The topological polar surface area (TPSA) is 105 Å². The molecule has 0 spiro atoms. The van der Waals surface area contributed by atoms with Crippen LogP contribution in [0.25, 0.3) is 0 Å². The second kappa shape index (κ2) is 6.75. The summed E-state index contributed by atoms with van der Waals surface area (Å²) in [7, 11) is -2.21. The van der Waals surface area contributed by atoms with E-state index in [4.69, 9.17) is 10.00 Å². The molecule has 1 N–H and O–H groups in total. The molecule has 7 nitrogen and oxygen atoms in total. The molecule has 0 radical (unpaired) electrons. The summed E-state index contributed by atoms with van der Waals surface area (Å²) in [6, 6.07) is 7.95. The van der Waals surface area contributed by atoms with Crippen molar-refractivity contribution in [1.29, 1.82) is 5.26 Å². The van der Waals surface area contributed by atoms with Crippen LogP contribution in [0.15, 0.2) is 33.5 Å². The van der Waals surface area contributed by atoms with Crippen molar-refractivity contribution in [2.24, 2.45) is 0 Å². The number of nitrogens with one attached hydrogen (secondary N) is 1. The quantitative estimate of drug-likeness (QED) is 0.800. The van der Waals surface area contributed by atoms with E-state index in [9.17, 15) is 8.42 Å². The van der Waals surface area contributed by atoms with E-state index in [1.54, 1.807) is 12.1 Å². The minimum Gasteiger partial charge on any atom is -0.497 e. The molecule has 0 aliphatic heterocycles. The van der Waals surface area contributed by atoms with Crippen molar-refractivity contribution >= 4 is 38.3 Å². The maximum atomic E-state index is 12.2. The summed E-state index contributed by atoms with van der Waals surface area (Å²) in [5, 5.41) is 16.2. The SMILES string of the molecule is COc1ccc(S(=O)(=O)Nc2nnc(SCC#N)s2)cc1. The molecular weight excluding hydrogens is 332 g/mol. The summed E-state index contributed by atoms with van der Waals surface area (Å²) in [6.45, 7) is 0. The molecule has 110 valence electrons. The van der Waals surface area contributed by atoms with E-state index in [1.807, 2.05) is 6.07 Å². The number of hydrogen-bond donors (Lipinski definition) is 1. The van der Waals surface area contributed by atoms with Gasteiger partial charge in [-0.1, -0.05) is 23.1 Å². The third-order valence-corrected chi connectivity index (χ3v) is 5.58. The number of nitriles is 1. The number of anilines is 1. The Labute approximate surface area is 130 Å². The maximum Gasteiger partial charge on any atom is 0.263 e. The van der Waals surface area contributed by atoms with Crippen LogP contribution in [0.4, 0.5) is 5.13 Å². The molecule has 0 aliphatic rings. The van der Waals surface area contributed by atoms with Gasteiger partial charge in [-0.25, -0.2) is 8.42 Å². The lowest BCUT2D eigenvalue weighted by Crippen LogP contribution is -2.12. The zero-order chi connectivity index (χ0) is 15.3. The number of sulfonamides is 1. The molecule has 1 aromatic carbocycles. The molecule has 0 aliphatic carbocycles. The van der Waals surface area contributed by atoms with Gasteiger partial charge in [-0.3, -0.25) is 4.72 Å². The fourth-order valence-corrected chi connectivity index (χ4v) is 3.98. The Balaban J connectivity index is 2.13. The number of methoxy groups -OCH3 is 1. The average molecular weight is 342 g/mol. The summed E-state index contributed by atoms with van der Waals surface area (Å²) in [6.07, 6.45) is 0. The molecule has 10 heteroatoms. The van der Waals surface area contributed by atoms with Gasteiger partial charge < -0.3 is 4.74 Å². The highest BCUT2D eigenvalue weighted by atomic mass is 32.2. The number of thioether (sulfide) groups is 1. The molecule has 0 bridgehead atoms. The van der Waals surface area contributed by atoms with Crippen molar-refractivity contribution in [2.75, 3.05) is 17.6 Å². The Hall–Kier alpha value is -1.83. The lowest BCUT2D eigenvalue weighted by molar-refractivity contribution is 0.414. The van der Waals surface area contributed by atoms with E-state index in [0.717, 1.165) is 11.3 Å². The summed E-state index contributed by atoms with van der Waals surface area (Å²) < 4.78 is 32.2. The van der Waals surface area contributed by atoms with Gasteiger partial charge in [0.15, 0.2) is 4.34 Å². The van der Waals surface area contributed by atoms with Gasteiger partial charge in [0.1, 0.15) is 5.75 Å². The van der Waals surface area contributed by atoms with Crippen molar-refractivity contribution in [3.05, 3.63) is 24.3 Å². The summed E-state index contributed by atoms with van der Waals surface area (Å²) in [5.74, 6) is 0.805. The zero-order valence-electron chi connectivity index (χ0n) is 10.8. The highest BCUT2D eigenvalue weighted by molar-refractivity contribution is 8.01. The highest BCUT2D eigenvalue weighted by Crippen LogP contribution is 2.27. The molecule has 0 saturated carbocycles. The van der Waals surface area contributed by atoms with E-state index in [2.05, 4.69) is 14.9 Å². The van der Waals surface area contributed by atoms with E-state index < -0.39 is 10.0 Å². The van der Waals surface area contributed by atoms with Crippen LogP contribution in [0.5, 0.6) is 5.75 Å². The van der Waals surface area contributed by atoms with Crippen molar-refractivity contribution in [2.45, 2.75) is 9.24 Å². The number of benzene rings is 1. The zero-order valence-corrected chi connectivity index (χ0v) is 13.3. The van der Waals surface area contributed by atoms with E-state index >= 15 is 0 Å². The van der Waals surface area contributed by atoms with Crippen LogP contribution in [-0.4, -0.2) is 31.5 Å². The first-order valence-corrected chi connectivity index (χ1v) is 8.84. The molecule has 1 heterocycles. The Morgan fingerprint density at radius 2 is 2.10 bits per heavy atom. The molecule has 0 fully saturated rings. The number of hydrogen-bond acceptors (Lipinski definition) is 8. The fraction of sp³-hybridized carbons (Fsp3) is 0.182. The first kappa shape index (κ1) is 15.6. The molecular formula is C11H10N4O3S3. The van der Waals surface area contributed by atoms with Crippen LogP contribution in [0.1, 0.15) is 0 Å². The van der Waals surface area contributed by atoms with Crippen molar-refractivity contribution in [3.63, 3.8) is 0 Å². The Morgan fingerprint density at radius 1 is 1.38 bits per heavy atom. The first-order valence-electron chi connectivity index (χ1n) is 5.55. The molecule has 0 amide bonds. The number of nitrogens with zero attached hydrogens (tertiary/aromatic N) is 3. The molecule has 1 aromatic heterocycles. The van der Waals surface area contributed by atoms with Crippen LogP contribution in [0, 0.1) is 11.3 Å². The van der Waals surface area contributed by atoms with Gasteiger partial charge in [-0.05, 0) is 24.3 Å². The molecule has 21 heavy (non-hydrogen) atoms. The Bertz CT molecular complexity index is 750. The highest BCUT2D eigenvalue weighted by Gasteiger charge is 2.17. The van der Waals surface area contributed by atoms with Crippen molar-refractivity contribution < 1.29 is 13.2 Å². The summed E-state index contributed by atoms with van der Waals surface area (Å²) >= 11 is 2.28. The fourth-order valence-electron chi connectivity index (χ4n) is 1.33. The third-order valence-electron chi connectivity index (χ3n) is 2.26. The van der Waals surface area contributed by atoms with Gasteiger partial charge in [-0.2, -0.15) is 5.26 Å². The lowest BCUT2D eigenvalue weighted by atomic mass is 10.3. The average Bonchev–Trinajstić information content (AvgIpc) is 2.92. The molecule has 0 unspecified atom stereocenters. The van der Waals surface area contributed by atoms with Crippen LogP contribution in [0.3, 0.4) is 0 Å². The van der Waals surface area contributed by atoms with E-state index in [0.29, 0.717) is 10.1 Å². The Morgan fingerprint density at radius 3 is 2.71 bits per heavy atom. The Kier molecular flexibility index (Phi) is 5.00. The number of ether oxygens (including phenoxy) is 1. The second-order valence-electron chi connectivity index (χ2n) is 3.60. The van der Waals surface area contributed by atoms with Gasteiger partial charge >= 0.3 is 0 Å². The van der Waals surface area contributed by atoms with Crippen molar-refractivity contribution in [3.8, 4) is 11.8 Å². The van der Waals surface area contributed by atoms with Gasteiger partial charge in [0.2, 0.25) is 5.13 Å². The van der Waals surface area contributed by atoms with Crippen molar-refractivity contribution in [1.82, 2.24) is 10.2 Å². The summed E-state index contributed by atoms with van der Waals surface area (Å²) in [4.78, 5) is 0.102. The normalized spacial score (nSPS) is 10.9. The largest absolute Gasteiger partial charge is 0.497 e. The van der Waals surface area contributed by atoms with E-state index in [1.165, 1.54) is 31.0 Å². The standard InChI is InChI=1S/C11H10N4O3S3/c1-18-8-2-4-9(5-3-8)21(16,17)15-10-13-14-11(20-10)19-7-6-12/h2-5H,7H2,1H3,(H,13,15). The molecule has 0 atom stereocenters. The van der Waals surface area contributed by atoms with Gasteiger partial charge in [0.25, 0.3) is 10.0 Å². The minimum absolute atomic E-state index is 0.102. The minimum atomic E-state index is -3.72. The molecule has 2 aromatic rings. The third kappa shape index (κ3) is 4.07. The summed E-state index contributed by atoms with van der Waals surface area (Å²) in [5.41, 5.74) is 0. The predicted octanol–water partition coefficient (Wildman–Crippen LogP) is 1.96. The monoisotopic (exact) mass is 342 g/mol. The van der Waals surface area contributed by atoms with Gasteiger partial charge in [0.05, 0.1) is 23.8 Å². The number of aromatic nitrogens is 2. The van der Waals surface area contributed by atoms with E-state index in [-0.39, 0.29) is 15.8 Å². The number of rotatable bonds is 6. The van der Waals surface area contributed by atoms with Crippen LogP contribution in [0.2, 0.25) is 0 Å². The molecule has 0 saturated heterocycles. The van der Waals surface area contributed by atoms with Gasteiger partial charge in [-0.15, -0.1) is 10.2 Å².